The zero-order chi connectivity index (χ0) is 17.0. The van der Waals surface area contributed by atoms with Crippen molar-refractivity contribution in [3.63, 3.8) is 0 Å². The Labute approximate surface area is 136 Å². The van der Waals surface area contributed by atoms with E-state index in [1.54, 1.807) is 0 Å². The van der Waals surface area contributed by atoms with Gasteiger partial charge in [0.1, 0.15) is 18.2 Å². The van der Waals surface area contributed by atoms with Gasteiger partial charge in [0, 0.05) is 13.6 Å². The van der Waals surface area contributed by atoms with Gasteiger partial charge in [0.05, 0.1) is 4.90 Å². The summed E-state index contributed by atoms with van der Waals surface area (Å²) in [6.07, 6.45) is 0. The van der Waals surface area contributed by atoms with E-state index in [0.29, 0.717) is 0 Å². The van der Waals surface area contributed by atoms with Crippen LogP contribution in [0.25, 0.3) is 0 Å². The third-order valence-electron chi connectivity index (χ3n) is 3.58. The molecule has 0 spiro atoms. The van der Waals surface area contributed by atoms with Crippen molar-refractivity contribution in [2.75, 3.05) is 20.2 Å². The number of aryl methyl sites for hydroxylation is 2. The van der Waals surface area contributed by atoms with Crippen LogP contribution in [0.3, 0.4) is 0 Å². The number of benzene rings is 2. The summed E-state index contributed by atoms with van der Waals surface area (Å²) in [5.41, 5.74) is 2.02. The molecule has 0 atom stereocenters. The Balaban J connectivity index is 2.02. The van der Waals surface area contributed by atoms with Crippen molar-refractivity contribution < 1.29 is 17.5 Å². The number of sulfonamides is 1. The molecule has 0 aliphatic rings. The maximum absolute atomic E-state index is 12.9. The van der Waals surface area contributed by atoms with Gasteiger partial charge in [0.25, 0.3) is 0 Å². The third-order valence-corrected chi connectivity index (χ3v) is 5.45. The number of nitrogens with zero attached hydrogens (tertiary/aromatic N) is 1. The second kappa shape index (κ2) is 7.10. The van der Waals surface area contributed by atoms with Crippen LogP contribution in [-0.2, 0) is 10.0 Å². The molecule has 0 radical (unpaired) electrons. The normalized spacial score (nSPS) is 11.7. The van der Waals surface area contributed by atoms with Crippen molar-refractivity contribution in [3.8, 4) is 5.75 Å². The number of hydrogen-bond acceptors (Lipinski definition) is 3. The molecule has 0 bridgehead atoms. The maximum atomic E-state index is 12.9. The van der Waals surface area contributed by atoms with E-state index in [1.807, 2.05) is 32.0 Å². The van der Waals surface area contributed by atoms with Crippen LogP contribution >= 0.6 is 0 Å². The van der Waals surface area contributed by atoms with Crippen LogP contribution in [0.5, 0.6) is 5.75 Å². The van der Waals surface area contributed by atoms with E-state index in [0.717, 1.165) is 29.0 Å². The van der Waals surface area contributed by atoms with Gasteiger partial charge < -0.3 is 4.74 Å². The van der Waals surface area contributed by atoms with Crippen LogP contribution in [-0.4, -0.2) is 32.9 Å². The van der Waals surface area contributed by atoms with Gasteiger partial charge in [-0.15, -0.1) is 0 Å². The standard InChI is InChI=1S/C17H20FNO3S/c1-13-5-4-6-14(2)17(13)22-12-11-19(3)23(20,21)16-9-7-15(18)8-10-16/h4-10H,11-12H2,1-3H3. The minimum atomic E-state index is -3.64. The van der Waals surface area contributed by atoms with Gasteiger partial charge in [0.2, 0.25) is 10.0 Å². The Bertz CT molecular complexity index is 753. The molecule has 0 N–H and O–H groups in total. The van der Waals surface area contributed by atoms with Crippen LogP contribution in [0.4, 0.5) is 4.39 Å². The summed E-state index contributed by atoms with van der Waals surface area (Å²) >= 11 is 0. The molecule has 0 saturated carbocycles. The van der Waals surface area contributed by atoms with E-state index < -0.39 is 15.8 Å². The smallest absolute Gasteiger partial charge is 0.242 e. The summed E-state index contributed by atoms with van der Waals surface area (Å²) in [6, 6.07) is 10.6. The first-order chi connectivity index (χ1) is 10.8. The fraction of sp³-hybridized carbons (Fsp3) is 0.294. The molecule has 0 fully saturated rings. The molecule has 0 aliphatic heterocycles. The molecule has 124 valence electrons. The number of ether oxygens (including phenoxy) is 1. The van der Waals surface area contributed by atoms with Crippen molar-refractivity contribution in [1.29, 1.82) is 0 Å². The highest BCUT2D eigenvalue weighted by Crippen LogP contribution is 2.22. The zero-order valence-electron chi connectivity index (χ0n) is 13.4. The van der Waals surface area contributed by atoms with E-state index in [9.17, 15) is 12.8 Å². The van der Waals surface area contributed by atoms with E-state index in [2.05, 4.69) is 0 Å². The predicted molar refractivity (Wildman–Crippen MR) is 87.6 cm³/mol. The topological polar surface area (TPSA) is 46.6 Å². The largest absolute Gasteiger partial charge is 0.492 e. The first-order valence-corrected chi connectivity index (χ1v) is 8.67. The Morgan fingerprint density at radius 3 is 2.17 bits per heavy atom. The minimum absolute atomic E-state index is 0.0634. The van der Waals surface area contributed by atoms with Gasteiger partial charge in [0.15, 0.2) is 0 Å². The van der Waals surface area contributed by atoms with E-state index in [4.69, 9.17) is 4.74 Å². The molecule has 0 saturated heterocycles. The van der Waals surface area contributed by atoms with Crippen LogP contribution in [0.15, 0.2) is 47.4 Å². The van der Waals surface area contributed by atoms with Crippen molar-refractivity contribution in [2.24, 2.45) is 0 Å². The number of hydrogen-bond donors (Lipinski definition) is 0. The molecule has 4 nitrogen and oxygen atoms in total. The highest BCUT2D eigenvalue weighted by atomic mass is 32.2. The van der Waals surface area contributed by atoms with Crippen LogP contribution in [0.1, 0.15) is 11.1 Å². The van der Waals surface area contributed by atoms with E-state index in [-0.39, 0.29) is 18.0 Å². The Morgan fingerprint density at radius 2 is 1.61 bits per heavy atom. The zero-order valence-corrected chi connectivity index (χ0v) is 14.2. The molecule has 0 heterocycles. The summed E-state index contributed by atoms with van der Waals surface area (Å²) in [6.45, 7) is 4.33. The van der Waals surface area contributed by atoms with Crippen LogP contribution < -0.4 is 4.74 Å². The lowest BCUT2D eigenvalue weighted by atomic mass is 10.1. The van der Waals surface area contributed by atoms with E-state index >= 15 is 0 Å². The monoisotopic (exact) mass is 337 g/mol. The first-order valence-electron chi connectivity index (χ1n) is 7.23. The number of para-hydroxylation sites is 1. The number of likely N-dealkylation sites (N-methyl/N-ethyl adjacent to an activating group) is 1. The van der Waals surface area contributed by atoms with Gasteiger partial charge in [-0.2, -0.15) is 4.31 Å². The van der Waals surface area contributed by atoms with Gasteiger partial charge in [-0.25, -0.2) is 12.8 Å². The predicted octanol–water partition coefficient (Wildman–Crippen LogP) is 3.14. The summed E-state index contributed by atoms with van der Waals surface area (Å²) in [4.78, 5) is 0.0634. The van der Waals surface area contributed by atoms with Crippen molar-refractivity contribution in [2.45, 2.75) is 18.7 Å². The van der Waals surface area contributed by atoms with Crippen molar-refractivity contribution >= 4 is 10.0 Å². The Hall–Kier alpha value is -1.92. The van der Waals surface area contributed by atoms with E-state index in [1.165, 1.54) is 23.5 Å². The lowest BCUT2D eigenvalue weighted by Gasteiger charge is -2.18. The van der Waals surface area contributed by atoms with Crippen LogP contribution in [0, 0.1) is 19.7 Å². The molecule has 0 aliphatic carbocycles. The highest BCUT2D eigenvalue weighted by molar-refractivity contribution is 7.89. The summed E-state index contributed by atoms with van der Waals surface area (Å²) in [5, 5.41) is 0. The second-order valence-corrected chi connectivity index (χ2v) is 7.39. The fourth-order valence-electron chi connectivity index (χ4n) is 2.21. The van der Waals surface area contributed by atoms with Gasteiger partial charge in [-0.3, -0.25) is 0 Å². The van der Waals surface area contributed by atoms with Gasteiger partial charge in [-0.05, 0) is 49.2 Å². The SMILES string of the molecule is Cc1cccc(C)c1OCCN(C)S(=O)(=O)c1ccc(F)cc1. The van der Waals surface area contributed by atoms with Crippen LogP contribution in [0.2, 0.25) is 0 Å². The molecule has 6 heteroatoms. The Kier molecular flexibility index (Phi) is 5.38. The minimum Gasteiger partial charge on any atom is -0.492 e. The molecular weight excluding hydrogens is 317 g/mol. The van der Waals surface area contributed by atoms with Gasteiger partial charge in [-0.1, -0.05) is 18.2 Å². The molecule has 0 aromatic heterocycles. The average molecular weight is 337 g/mol. The molecule has 0 unspecified atom stereocenters. The quantitative estimate of drug-likeness (QED) is 0.813. The molecular formula is C17H20FNO3S. The van der Waals surface area contributed by atoms with Gasteiger partial charge >= 0.3 is 0 Å². The summed E-state index contributed by atoms with van der Waals surface area (Å²) < 4.78 is 44.6. The summed E-state index contributed by atoms with van der Waals surface area (Å²) in [7, 11) is -2.16. The molecule has 2 aromatic rings. The second-order valence-electron chi connectivity index (χ2n) is 5.35. The fourth-order valence-corrected chi connectivity index (χ4v) is 3.36. The van der Waals surface area contributed by atoms with Crippen molar-refractivity contribution in [3.05, 3.63) is 59.4 Å². The lowest BCUT2D eigenvalue weighted by Crippen LogP contribution is -2.31. The average Bonchev–Trinajstić information content (AvgIpc) is 2.50. The lowest BCUT2D eigenvalue weighted by molar-refractivity contribution is 0.283. The highest BCUT2D eigenvalue weighted by Gasteiger charge is 2.20. The number of rotatable bonds is 6. The first kappa shape index (κ1) is 17.4. The third kappa shape index (κ3) is 4.09. The molecule has 23 heavy (non-hydrogen) atoms. The maximum Gasteiger partial charge on any atom is 0.242 e. The Morgan fingerprint density at radius 1 is 1.04 bits per heavy atom. The van der Waals surface area contributed by atoms with Crippen molar-refractivity contribution in [1.82, 2.24) is 4.31 Å². The molecule has 2 rings (SSSR count). The molecule has 2 aromatic carbocycles. The summed E-state index contributed by atoms with van der Waals surface area (Å²) in [5.74, 6) is 0.310. The molecule has 0 amide bonds. The number of halogens is 1.